The molecule has 16 heavy (non-hydrogen) atoms. The van der Waals surface area contributed by atoms with Crippen molar-refractivity contribution in [1.29, 1.82) is 0 Å². The molecule has 0 saturated heterocycles. The second kappa shape index (κ2) is 3.24. The highest BCUT2D eigenvalue weighted by molar-refractivity contribution is 5.97. The summed E-state index contributed by atoms with van der Waals surface area (Å²) in [6, 6.07) is 7.35. The average molecular weight is 217 g/mol. The first kappa shape index (κ1) is 9.70. The van der Waals surface area contributed by atoms with Crippen molar-refractivity contribution in [2.45, 2.75) is 24.8 Å². The number of rotatable bonds is 3. The zero-order chi connectivity index (χ0) is 11.2. The van der Waals surface area contributed by atoms with E-state index in [0.29, 0.717) is 11.3 Å². The molecule has 3 saturated carbocycles. The van der Waals surface area contributed by atoms with Crippen molar-refractivity contribution in [3.8, 4) is 5.75 Å². The number of carbonyl (C=O) groups excluding carboxylic acids is 1. The fourth-order valence-electron chi connectivity index (χ4n) is 2.77. The van der Waals surface area contributed by atoms with Crippen molar-refractivity contribution >= 4 is 5.91 Å². The Morgan fingerprint density at radius 1 is 1.38 bits per heavy atom. The van der Waals surface area contributed by atoms with Crippen LogP contribution in [0.15, 0.2) is 24.3 Å². The highest BCUT2D eigenvalue weighted by Crippen LogP contribution is 2.57. The minimum atomic E-state index is -0.00407. The van der Waals surface area contributed by atoms with Crippen LogP contribution in [-0.4, -0.2) is 18.6 Å². The molecule has 84 valence electrons. The molecule has 2 bridgehead atoms. The third kappa shape index (κ3) is 1.31. The van der Waals surface area contributed by atoms with Crippen LogP contribution in [0.4, 0.5) is 0 Å². The second-order valence-electron chi connectivity index (χ2n) is 4.91. The molecule has 0 aromatic heterocycles. The van der Waals surface area contributed by atoms with Crippen LogP contribution in [-0.2, 0) is 0 Å². The molecular formula is C13H15NO2. The van der Waals surface area contributed by atoms with E-state index in [-0.39, 0.29) is 11.4 Å². The summed E-state index contributed by atoms with van der Waals surface area (Å²) in [5.74, 6) is 1.51. The van der Waals surface area contributed by atoms with Crippen LogP contribution < -0.4 is 10.1 Å². The van der Waals surface area contributed by atoms with Gasteiger partial charge in [-0.15, -0.1) is 0 Å². The van der Waals surface area contributed by atoms with E-state index in [1.807, 2.05) is 18.2 Å². The normalized spacial score (nSPS) is 29.9. The van der Waals surface area contributed by atoms with Gasteiger partial charge in [0.1, 0.15) is 5.75 Å². The molecular weight excluding hydrogens is 202 g/mol. The molecule has 0 heterocycles. The SMILES string of the molecule is COc1ccccc1C(=O)NC12CC(C1)C2. The molecule has 1 aromatic rings. The van der Waals surface area contributed by atoms with Crippen LogP contribution in [0, 0.1) is 5.92 Å². The molecule has 1 amide bonds. The van der Waals surface area contributed by atoms with Gasteiger partial charge >= 0.3 is 0 Å². The van der Waals surface area contributed by atoms with Gasteiger partial charge in [-0.1, -0.05) is 12.1 Å². The van der Waals surface area contributed by atoms with Gasteiger partial charge in [0.2, 0.25) is 0 Å². The first-order chi connectivity index (χ1) is 7.72. The molecule has 0 spiro atoms. The van der Waals surface area contributed by atoms with Crippen molar-refractivity contribution in [3.05, 3.63) is 29.8 Å². The third-order valence-corrected chi connectivity index (χ3v) is 3.77. The molecule has 0 unspecified atom stereocenters. The molecule has 0 atom stereocenters. The number of hydrogen-bond donors (Lipinski definition) is 1. The van der Waals surface area contributed by atoms with Crippen LogP contribution in [0.25, 0.3) is 0 Å². The largest absolute Gasteiger partial charge is 0.496 e. The van der Waals surface area contributed by atoms with E-state index in [0.717, 1.165) is 25.2 Å². The Hall–Kier alpha value is -1.51. The summed E-state index contributed by atoms with van der Waals surface area (Å²) in [7, 11) is 1.59. The Bertz CT molecular complexity index is 424. The summed E-state index contributed by atoms with van der Waals surface area (Å²) in [5.41, 5.74) is 0.762. The molecule has 3 heteroatoms. The lowest BCUT2D eigenvalue weighted by Crippen LogP contribution is -2.68. The van der Waals surface area contributed by atoms with Crippen LogP contribution in [0.2, 0.25) is 0 Å². The van der Waals surface area contributed by atoms with E-state index < -0.39 is 0 Å². The monoisotopic (exact) mass is 217 g/mol. The van der Waals surface area contributed by atoms with Crippen molar-refractivity contribution in [2.75, 3.05) is 7.11 Å². The van der Waals surface area contributed by atoms with Crippen molar-refractivity contribution in [3.63, 3.8) is 0 Å². The fraction of sp³-hybridized carbons (Fsp3) is 0.462. The quantitative estimate of drug-likeness (QED) is 0.840. The van der Waals surface area contributed by atoms with E-state index in [2.05, 4.69) is 5.32 Å². The number of nitrogens with one attached hydrogen (secondary N) is 1. The molecule has 3 aliphatic rings. The van der Waals surface area contributed by atoms with Crippen LogP contribution >= 0.6 is 0 Å². The maximum Gasteiger partial charge on any atom is 0.255 e. The highest BCUT2D eigenvalue weighted by Gasteiger charge is 2.57. The smallest absolute Gasteiger partial charge is 0.255 e. The molecule has 3 nitrogen and oxygen atoms in total. The van der Waals surface area contributed by atoms with Crippen molar-refractivity contribution in [1.82, 2.24) is 5.32 Å². The highest BCUT2D eigenvalue weighted by atomic mass is 16.5. The van der Waals surface area contributed by atoms with Gasteiger partial charge in [0, 0.05) is 5.54 Å². The number of benzene rings is 1. The molecule has 4 rings (SSSR count). The van der Waals surface area contributed by atoms with E-state index in [1.54, 1.807) is 13.2 Å². The zero-order valence-corrected chi connectivity index (χ0v) is 9.32. The Balaban J connectivity index is 1.77. The Kier molecular flexibility index (Phi) is 1.96. The first-order valence-corrected chi connectivity index (χ1v) is 5.68. The Labute approximate surface area is 94.8 Å². The molecule has 3 aliphatic carbocycles. The number of para-hydroxylation sites is 1. The topological polar surface area (TPSA) is 38.3 Å². The summed E-state index contributed by atoms with van der Waals surface area (Å²) in [5, 5.41) is 3.13. The fourth-order valence-corrected chi connectivity index (χ4v) is 2.77. The van der Waals surface area contributed by atoms with Gasteiger partial charge in [-0.2, -0.15) is 0 Å². The van der Waals surface area contributed by atoms with E-state index in [9.17, 15) is 4.79 Å². The lowest BCUT2D eigenvalue weighted by molar-refractivity contribution is -0.0439. The van der Waals surface area contributed by atoms with Gasteiger partial charge in [0.25, 0.3) is 5.91 Å². The van der Waals surface area contributed by atoms with Crippen LogP contribution in [0.5, 0.6) is 5.75 Å². The maximum absolute atomic E-state index is 12.1. The summed E-state index contributed by atoms with van der Waals surface area (Å²) in [6.45, 7) is 0. The van der Waals surface area contributed by atoms with E-state index >= 15 is 0 Å². The Morgan fingerprint density at radius 2 is 2.06 bits per heavy atom. The average Bonchev–Trinajstić information content (AvgIpc) is 2.21. The lowest BCUT2D eigenvalue weighted by atomic mass is 9.50. The second-order valence-corrected chi connectivity index (χ2v) is 4.91. The van der Waals surface area contributed by atoms with E-state index in [4.69, 9.17) is 4.74 Å². The minimum absolute atomic E-state index is 0.00407. The van der Waals surface area contributed by atoms with Gasteiger partial charge in [0.05, 0.1) is 12.7 Å². The number of carbonyl (C=O) groups is 1. The van der Waals surface area contributed by atoms with Crippen LogP contribution in [0.3, 0.4) is 0 Å². The number of ether oxygens (including phenoxy) is 1. The van der Waals surface area contributed by atoms with Crippen LogP contribution in [0.1, 0.15) is 29.6 Å². The van der Waals surface area contributed by atoms with Gasteiger partial charge in [0.15, 0.2) is 0 Å². The first-order valence-electron chi connectivity index (χ1n) is 5.68. The summed E-state index contributed by atoms with van der Waals surface area (Å²) in [6.07, 6.45) is 3.48. The molecule has 3 fully saturated rings. The number of methoxy groups -OCH3 is 1. The zero-order valence-electron chi connectivity index (χ0n) is 9.32. The third-order valence-electron chi connectivity index (χ3n) is 3.77. The van der Waals surface area contributed by atoms with Gasteiger partial charge in [-0.3, -0.25) is 4.79 Å². The van der Waals surface area contributed by atoms with Gasteiger partial charge in [-0.05, 0) is 37.3 Å². The minimum Gasteiger partial charge on any atom is -0.496 e. The van der Waals surface area contributed by atoms with E-state index in [1.165, 1.54) is 0 Å². The molecule has 0 aliphatic heterocycles. The molecule has 0 radical (unpaired) electrons. The number of hydrogen-bond acceptors (Lipinski definition) is 2. The van der Waals surface area contributed by atoms with Gasteiger partial charge in [-0.25, -0.2) is 0 Å². The molecule has 1 N–H and O–H groups in total. The predicted molar refractivity (Wildman–Crippen MR) is 60.5 cm³/mol. The predicted octanol–water partition coefficient (Wildman–Crippen LogP) is 1.98. The molecule has 1 aromatic carbocycles. The van der Waals surface area contributed by atoms with Crippen molar-refractivity contribution in [2.24, 2.45) is 5.92 Å². The maximum atomic E-state index is 12.1. The standard InChI is InChI=1S/C13H15NO2/c1-16-11-5-3-2-4-10(11)12(15)14-13-6-9(7-13)8-13/h2-5,9H,6-8H2,1H3,(H,14,15). The number of amides is 1. The summed E-state index contributed by atoms with van der Waals surface area (Å²) >= 11 is 0. The summed E-state index contributed by atoms with van der Waals surface area (Å²) in [4.78, 5) is 12.1. The Morgan fingerprint density at radius 3 is 2.62 bits per heavy atom. The summed E-state index contributed by atoms with van der Waals surface area (Å²) < 4.78 is 5.18. The van der Waals surface area contributed by atoms with Crippen molar-refractivity contribution < 1.29 is 9.53 Å². The van der Waals surface area contributed by atoms with Gasteiger partial charge < -0.3 is 10.1 Å². The lowest BCUT2D eigenvalue weighted by Gasteiger charge is -2.61.